The van der Waals surface area contributed by atoms with Crippen molar-refractivity contribution < 1.29 is 9.59 Å². The Morgan fingerprint density at radius 1 is 1.23 bits per heavy atom. The minimum absolute atomic E-state index is 0.0285. The van der Waals surface area contributed by atoms with E-state index in [-0.39, 0.29) is 18.4 Å². The number of anilines is 1. The van der Waals surface area contributed by atoms with Crippen molar-refractivity contribution in [3.05, 3.63) is 58.3 Å². The molecule has 0 bridgehead atoms. The Morgan fingerprint density at radius 3 is 2.55 bits per heavy atom. The second kappa shape index (κ2) is 7.17. The van der Waals surface area contributed by atoms with E-state index in [0.717, 1.165) is 10.0 Å². The van der Waals surface area contributed by atoms with Crippen LogP contribution < -0.4 is 5.32 Å². The van der Waals surface area contributed by atoms with Crippen molar-refractivity contribution >= 4 is 33.4 Å². The highest BCUT2D eigenvalue weighted by Crippen LogP contribution is 2.12. The second-order valence-electron chi connectivity index (χ2n) is 4.97. The van der Waals surface area contributed by atoms with Gasteiger partial charge in [0.15, 0.2) is 0 Å². The van der Waals surface area contributed by atoms with Gasteiger partial charge >= 0.3 is 0 Å². The average molecular weight is 362 g/mol. The third-order valence-electron chi connectivity index (χ3n) is 3.01. The molecule has 114 valence electrons. The number of nitrogens with one attached hydrogen (secondary N) is 1. The van der Waals surface area contributed by atoms with Crippen LogP contribution in [0.5, 0.6) is 0 Å². The van der Waals surface area contributed by atoms with Gasteiger partial charge in [0.25, 0.3) is 5.91 Å². The molecular formula is C16H16BrN3O2. The van der Waals surface area contributed by atoms with Gasteiger partial charge in [-0.15, -0.1) is 0 Å². The number of halogens is 1. The summed E-state index contributed by atoms with van der Waals surface area (Å²) in [5.74, 6) is -0.504. The highest BCUT2D eigenvalue weighted by molar-refractivity contribution is 9.10. The van der Waals surface area contributed by atoms with Crippen LogP contribution in [0.1, 0.15) is 15.9 Å². The third-order valence-corrected chi connectivity index (χ3v) is 3.45. The van der Waals surface area contributed by atoms with E-state index in [0.29, 0.717) is 11.3 Å². The van der Waals surface area contributed by atoms with Crippen LogP contribution in [0.25, 0.3) is 0 Å². The van der Waals surface area contributed by atoms with Crippen LogP contribution in [0.4, 0.5) is 5.69 Å². The van der Waals surface area contributed by atoms with Crippen LogP contribution >= 0.6 is 15.9 Å². The molecule has 1 aromatic carbocycles. The Morgan fingerprint density at radius 2 is 1.91 bits per heavy atom. The molecule has 1 aromatic heterocycles. The Balaban J connectivity index is 1.96. The number of nitrogens with zero attached hydrogens (tertiary/aromatic N) is 2. The number of amides is 2. The molecule has 22 heavy (non-hydrogen) atoms. The van der Waals surface area contributed by atoms with Crippen molar-refractivity contribution in [1.82, 2.24) is 9.88 Å². The van der Waals surface area contributed by atoms with E-state index < -0.39 is 0 Å². The zero-order valence-electron chi connectivity index (χ0n) is 12.3. The summed E-state index contributed by atoms with van der Waals surface area (Å²) >= 11 is 3.27. The van der Waals surface area contributed by atoms with Crippen molar-refractivity contribution in [1.29, 1.82) is 0 Å². The summed E-state index contributed by atoms with van der Waals surface area (Å²) in [7, 11) is 1.58. The van der Waals surface area contributed by atoms with Gasteiger partial charge < -0.3 is 10.2 Å². The molecule has 5 nitrogen and oxygen atoms in total. The first-order valence-corrected chi connectivity index (χ1v) is 7.47. The predicted octanol–water partition coefficient (Wildman–Crippen LogP) is 2.86. The molecule has 2 aromatic rings. The SMILES string of the molecule is Cc1ccc(NC(=O)CN(C)C(=O)c2cncc(Br)c2)cc1. The lowest BCUT2D eigenvalue weighted by Gasteiger charge is -2.16. The Kier molecular flexibility index (Phi) is 5.27. The molecule has 2 rings (SSSR count). The highest BCUT2D eigenvalue weighted by Gasteiger charge is 2.15. The Bertz CT molecular complexity index is 686. The summed E-state index contributed by atoms with van der Waals surface area (Å²) in [5.41, 5.74) is 2.26. The second-order valence-corrected chi connectivity index (χ2v) is 5.88. The van der Waals surface area contributed by atoms with Crippen molar-refractivity contribution in [3.63, 3.8) is 0 Å². The molecule has 0 aliphatic carbocycles. The van der Waals surface area contributed by atoms with Crippen LogP contribution in [0, 0.1) is 6.92 Å². The fraction of sp³-hybridized carbons (Fsp3) is 0.188. The zero-order chi connectivity index (χ0) is 16.1. The molecule has 0 saturated carbocycles. The van der Waals surface area contributed by atoms with Crippen LogP contribution in [0.3, 0.4) is 0 Å². The molecule has 0 radical (unpaired) electrons. The van der Waals surface area contributed by atoms with Crippen LogP contribution in [0.15, 0.2) is 47.2 Å². The number of hydrogen-bond acceptors (Lipinski definition) is 3. The number of likely N-dealkylation sites (N-methyl/N-ethyl adjacent to an activating group) is 1. The van der Waals surface area contributed by atoms with Gasteiger partial charge in [-0.05, 0) is 41.1 Å². The van der Waals surface area contributed by atoms with Gasteiger partial charge in [-0.25, -0.2) is 0 Å². The molecule has 1 heterocycles. The summed E-state index contributed by atoms with van der Waals surface area (Å²) in [5, 5.41) is 2.76. The van der Waals surface area contributed by atoms with E-state index in [9.17, 15) is 9.59 Å². The molecule has 0 aliphatic heterocycles. The van der Waals surface area contributed by atoms with Gasteiger partial charge in [0.1, 0.15) is 0 Å². The maximum Gasteiger partial charge on any atom is 0.255 e. The lowest BCUT2D eigenvalue weighted by molar-refractivity contribution is -0.116. The highest BCUT2D eigenvalue weighted by atomic mass is 79.9. The van der Waals surface area contributed by atoms with Gasteiger partial charge in [-0.2, -0.15) is 0 Å². The molecule has 0 unspecified atom stereocenters. The lowest BCUT2D eigenvalue weighted by atomic mass is 10.2. The minimum Gasteiger partial charge on any atom is -0.332 e. The van der Waals surface area contributed by atoms with Crippen LogP contribution in [-0.2, 0) is 4.79 Å². The lowest BCUT2D eigenvalue weighted by Crippen LogP contribution is -2.35. The van der Waals surface area contributed by atoms with Crippen molar-refractivity contribution in [2.45, 2.75) is 6.92 Å². The molecule has 2 amide bonds. The predicted molar refractivity (Wildman–Crippen MR) is 88.7 cm³/mol. The van der Waals surface area contributed by atoms with E-state index in [1.54, 1.807) is 19.3 Å². The van der Waals surface area contributed by atoms with E-state index in [2.05, 4.69) is 26.2 Å². The minimum atomic E-state index is -0.257. The maximum atomic E-state index is 12.2. The summed E-state index contributed by atoms with van der Waals surface area (Å²) in [6, 6.07) is 9.15. The molecule has 0 saturated heterocycles. The fourth-order valence-corrected chi connectivity index (χ4v) is 2.24. The first-order valence-electron chi connectivity index (χ1n) is 6.68. The third kappa shape index (κ3) is 4.39. The van der Waals surface area contributed by atoms with E-state index >= 15 is 0 Å². The zero-order valence-corrected chi connectivity index (χ0v) is 13.9. The number of rotatable bonds is 4. The summed E-state index contributed by atoms with van der Waals surface area (Å²) < 4.78 is 0.718. The van der Waals surface area contributed by atoms with Gasteiger partial charge in [0.2, 0.25) is 5.91 Å². The molecule has 0 spiro atoms. The normalized spacial score (nSPS) is 10.1. The van der Waals surface area contributed by atoms with Crippen molar-refractivity contribution in [2.75, 3.05) is 18.9 Å². The van der Waals surface area contributed by atoms with Gasteiger partial charge in [-0.3, -0.25) is 14.6 Å². The standard InChI is InChI=1S/C16H16BrN3O2/c1-11-3-5-14(6-4-11)19-15(21)10-20(2)16(22)12-7-13(17)9-18-8-12/h3-9H,10H2,1-2H3,(H,19,21). The smallest absolute Gasteiger partial charge is 0.255 e. The fourth-order valence-electron chi connectivity index (χ4n) is 1.87. The first kappa shape index (κ1) is 16.2. The number of benzene rings is 1. The molecule has 1 N–H and O–H groups in total. The maximum absolute atomic E-state index is 12.2. The Labute approximate surface area is 137 Å². The number of aromatic nitrogens is 1. The topological polar surface area (TPSA) is 62.3 Å². The molecular weight excluding hydrogens is 346 g/mol. The number of pyridine rings is 1. The first-order chi connectivity index (χ1) is 10.5. The molecule has 6 heteroatoms. The molecule has 0 atom stereocenters. The van der Waals surface area contributed by atoms with Crippen LogP contribution in [0.2, 0.25) is 0 Å². The summed E-state index contributed by atoms with van der Waals surface area (Å²) in [6.07, 6.45) is 3.07. The monoisotopic (exact) mass is 361 g/mol. The van der Waals surface area contributed by atoms with Gasteiger partial charge in [0.05, 0.1) is 12.1 Å². The van der Waals surface area contributed by atoms with Gasteiger partial charge in [0, 0.05) is 29.6 Å². The van der Waals surface area contributed by atoms with E-state index in [4.69, 9.17) is 0 Å². The van der Waals surface area contributed by atoms with Gasteiger partial charge in [-0.1, -0.05) is 17.7 Å². The number of hydrogen-bond donors (Lipinski definition) is 1. The number of carbonyl (C=O) groups is 2. The molecule has 0 aliphatic rings. The molecule has 0 fully saturated rings. The largest absolute Gasteiger partial charge is 0.332 e. The average Bonchev–Trinajstić information content (AvgIpc) is 2.48. The van der Waals surface area contributed by atoms with E-state index in [1.807, 2.05) is 31.2 Å². The van der Waals surface area contributed by atoms with E-state index in [1.165, 1.54) is 11.1 Å². The summed E-state index contributed by atoms with van der Waals surface area (Å²) in [6.45, 7) is 1.95. The van der Waals surface area contributed by atoms with Crippen molar-refractivity contribution in [2.24, 2.45) is 0 Å². The summed E-state index contributed by atoms with van der Waals surface area (Å²) in [4.78, 5) is 29.5. The van der Waals surface area contributed by atoms with Crippen molar-refractivity contribution in [3.8, 4) is 0 Å². The number of aryl methyl sites for hydroxylation is 1. The number of carbonyl (C=O) groups excluding carboxylic acids is 2. The quantitative estimate of drug-likeness (QED) is 0.910. The van der Waals surface area contributed by atoms with Crippen LogP contribution in [-0.4, -0.2) is 35.3 Å². The Hall–Kier alpha value is -2.21.